The molecule has 10 N–H and O–H groups in total. The fourth-order valence-electron chi connectivity index (χ4n) is 9.30. The van der Waals surface area contributed by atoms with Gasteiger partial charge < -0.3 is 40.9 Å². The highest BCUT2D eigenvalue weighted by Crippen LogP contribution is 2.48. The molecule has 36 nitrogen and oxygen atoms in total. The Morgan fingerprint density at radius 2 is 1.23 bits per heavy atom. The Bertz CT molecular complexity index is 4990. The molecule has 1 aliphatic rings. The molecule has 488 valence electrons. The van der Waals surface area contributed by atoms with Gasteiger partial charge in [0, 0.05) is 32.1 Å². The molecule has 3 heterocycles. The van der Waals surface area contributed by atoms with Crippen LogP contribution in [0.25, 0.3) is 32.3 Å². The fraction of sp³-hybridized carbons (Fsp3) is 0.125. The van der Waals surface area contributed by atoms with Crippen molar-refractivity contribution in [1.29, 1.82) is 0 Å². The second-order valence-electron chi connectivity index (χ2n) is 19.1. The number of azo groups is 2. The Kier molecular flexibility index (Phi) is 20.3. The summed E-state index contributed by atoms with van der Waals surface area (Å²) in [4.78, 5) is 24.2. The number of hydrogen-bond donors (Lipinski definition) is 11. The number of quaternary nitrogens is 1. The molecular weight excluding hydrogens is 1420 g/mol. The van der Waals surface area contributed by atoms with Crippen molar-refractivity contribution < 1.29 is 95.1 Å². The maximum Gasteiger partial charge on any atom is 0.309 e. The lowest BCUT2D eigenvalue weighted by atomic mass is 10.1. The van der Waals surface area contributed by atoms with Crippen molar-refractivity contribution >= 4 is 191 Å². The monoisotopic (exact) mass is 1450 g/mol. The van der Waals surface area contributed by atoms with Crippen LogP contribution in [0.4, 0.5) is 57.9 Å². The number of aromatic nitrogens is 6. The molecule has 1 aliphatic heterocycles. The van der Waals surface area contributed by atoms with Gasteiger partial charge >= 0.3 is 10.1 Å². The number of phenolic OH excluding ortho intramolecular Hbond substituents is 2. The van der Waals surface area contributed by atoms with E-state index in [1.54, 1.807) is 4.90 Å². The molecule has 0 unspecified atom stereocenters. The van der Waals surface area contributed by atoms with Gasteiger partial charge in [-0.15, -0.1) is 29.1 Å². The van der Waals surface area contributed by atoms with E-state index in [0.29, 0.717) is 24.1 Å². The SMILES string of the molecule is O=S(=O)(O)c1ccccc1N=Nc1c(S(=O)(=O)O)cc2cc(SOOO)cc(Nc3nc(Cl)nc(NCC[N+]4([O-])CCN(c5nc(Cl)nc(Nc6ccc7c(O)c(N=Nc8ccc9c(S(=O)(=O)O)cccc9c8SOOO)c(S(=O)(=O)OS)cc7c6)n5)CC4)n3)c2c1O. The van der Waals surface area contributed by atoms with E-state index in [-0.39, 0.29) is 133 Å². The number of phenols is 2. The van der Waals surface area contributed by atoms with E-state index in [1.165, 1.54) is 66.7 Å². The quantitative estimate of drug-likeness (QED) is 0.00391. The number of rotatable bonds is 24. The van der Waals surface area contributed by atoms with E-state index in [0.717, 1.165) is 30.3 Å². The Hall–Kier alpha value is -7.71. The van der Waals surface area contributed by atoms with Crippen LogP contribution in [0.5, 0.6) is 11.5 Å². The number of halogens is 2. The van der Waals surface area contributed by atoms with Crippen molar-refractivity contribution in [2.45, 2.75) is 29.4 Å². The number of hydroxylamine groups is 3. The predicted molar refractivity (Wildman–Crippen MR) is 333 cm³/mol. The number of fused-ring (bicyclic) bond motifs is 3. The maximum atomic E-state index is 14.1. The van der Waals surface area contributed by atoms with Crippen LogP contribution < -0.4 is 20.9 Å². The van der Waals surface area contributed by atoms with E-state index in [4.69, 9.17) is 33.7 Å². The summed E-state index contributed by atoms with van der Waals surface area (Å²) in [5.74, 6) is -2.09. The summed E-state index contributed by atoms with van der Waals surface area (Å²) in [6.07, 6.45) is 0. The van der Waals surface area contributed by atoms with Crippen LogP contribution in [0.3, 0.4) is 0 Å². The summed E-state index contributed by atoms with van der Waals surface area (Å²) in [6.45, 7) is 0.172. The van der Waals surface area contributed by atoms with Gasteiger partial charge in [-0.1, -0.05) is 40.4 Å². The number of hydrogen-bond acceptors (Lipinski definition) is 35. The third kappa shape index (κ3) is 15.6. The molecule has 1 saturated heterocycles. The second-order valence-corrected chi connectivity index (χ2v) is 27.3. The van der Waals surface area contributed by atoms with Crippen molar-refractivity contribution in [3.8, 4) is 11.5 Å². The van der Waals surface area contributed by atoms with Crippen molar-refractivity contribution in [3.05, 3.63) is 113 Å². The maximum absolute atomic E-state index is 14.1. The minimum atomic E-state index is -5.23. The predicted octanol–water partition coefficient (Wildman–Crippen LogP) is 9.95. The molecule has 0 amide bonds. The number of nitrogens with one attached hydrogen (secondary N) is 3. The Morgan fingerprint density at radius 1 is 0.613 bits per heavy atom. The van der Waals surface area contributed by atoms with Crippen molar-refractivity contribution in [1.82, 2.24) is 29.9 Å². The second kappa shape index (κ2) is 27.7. The Balaban J connectivity index is 0.833. The zero-order valence-corrected chi connectivity index (χ0v) is 53.2. The lowest BCUT2D eigenvalue weighted by Gasteiger charge is -2.48. The highest BCUT2D eigenvalue weighted by molar-refractivity contribution is 7.96. The van der Waals surface area contributed by atoms with Gasteiger partial charge in [-0.25, -0.2) is 10.5 Å². The molecule has 10 rings (SSSR count). The molecule has 45 heteroatoms. The first-order chi connectivity index (χ1) is 44.1. The average molecular weight is 1460 g/mol. The first-order valence-electron chi connectivity index (χ1n) is 25.4. The van der Waals surface area contributed by atoms with E-state index in [1.807, 2.05) is 0 Å². The summed E-state index contributed by atoms with van der Waals surface area (Å²) in [6, 6.07) is 19.8. The number of benzene rings is 7. The van der Waals surface area contributed by atoms with Crippen molar-refractivity contribution in [2.24, 2.45) is 20.5 Å². The van der Waals surface area contributed by atoms with Gasteiger partial charge in [0.2, 0.25) is 34.4 Å². The molecule has 9 aromatic rings. The highest BCUT2D eigenvalue weighted by Gasteiger charge is 2.30. The minimum absolute atomic E-state index is 0.00271. The van der Waals surface area contributed by atoms with Gasteiger partial charge in [0.25, 0.3) is 30.4 Å². The summed E-state index contributed by atoms with van der Waals surface area (Å²) >= 11 is 17.0. The number of piperazine rings is 1. The minimum Gasteiger partial charge on any atom is -0.633 e. The zero-order valence-electron chi connectivity index (χ0n) is 45.8. The van der Waals surface area contributed by atoms with Crippen LogP contribution in [0.2, 0.25) is 10.6 Å². The molecule has 2 aromatic heterocycles. The molecule has 1 fully saturated rings. The van der Waals surface area contributed by atoms with Gasteiger partial charge in [-0.2, -0.15) is 67.2 Å². The molecular formula is C48H39Cl2N15O21S7. The van der Waals surface area contributed by atoms with Crippen LogP contribution in [-0.4, -0.2) is 142 Å². The summed E-state index contributed by atoms with van der Waals surface area (Å²) < 4.78 is 143. The molecule has 93 heavy (non-hydrogen) atoms. The van der Waals surface area contributed by atoms with Crippen molar-refractivity contribution in [3.63, 3.8) is 0 Å². The average Bonchev–Trinajstić information content (AvgIpc) is 0.778. The number of thiol groups is 1. The van der Waals surface area contributed by atoms with Crippen LogP contribution >= 0.6 is 60.2 Å². The van der Waals surface area contributed by atoms with Crippen LogP contribution in [-0.2, 0) is 62.8 Å². The van der Waals surface area contributed by atoms with E-state index < -0.39 is 93.3 Å². The zero-order chi connectivity index (χ0) is 66.8. The van der Waals surface area contributed by atoms with Crippen molar-refractivity contribution in [2.75, 3.05) is 60.1 Å². The van der Waals surface area contributed by atoms with Crippen LogP contribution in [0.1, 0.15) is 0 Å². The fourth-order valence-corrected chi connectivity index (χ4v) is 13.6. The highest BCUT2D eigenvalue weighted by atomic mass is 35.5. The molecule has 0 radical (unpaired) electrons. The first kappa shape index (κ1) is 68.2. The van der Waals surface area contributed by atoms with Gasteiger partial charge in [0.15, 0.2) is 11.5 Å². The van der Waals surface area contributed by atoms with E-state index in [2.05, 4.69) is 102 Å². The third-order valence-electron chi connectivity index (χ3n) is 13.4. The number of anilines is 6. The summed E-state index contributed by atoms with van der Waals surface area (Å²) in [5.41, 5.74) is -1.99. The molecule has 7 aromatic carbocycles. The van der Waals surface area contributed by atoms with Gasteiger partial charge in [0.05, 0.1) is 73.9 Å². The first-order valence-corrected chi connectivity index (χ1v) is 33.7. The topological polar surface area (TPSA) is 513 Å². The lowest BCUT2D eigenvalue weighted by molar-refractivity contribution is -0.879. The molecule has 0 bridgehead atoms. The summed E-state index contributed by atoms with van der Waals surface area (Å²) in [7, 11) is -19.6. The smallest absolute Gasteiger partial charge is 0.309 e. The van der Waals surface area contributed by atoms with Gasteiger partial charge in [-0.3, -0.25) is 13.7 Å². The Labute approximate surface area is 546 Å². The third-order valence-corrected chi connectivity index (χ3v) is 19.3. The molecule has 0 spiro atoms. The summed E-state index contributed by atoms with van der Waals surface area (Å²) in [5, 5.41) is 86.2. The standard InChI is InChI=1S/C48H39Cl2N15O21S7/c49-43-54-45(58-47(55-43)53-32-22-26(88-84-82-69)19-24-21-35(92(77,78)79)38(41(67)37(24)32)62-60-30-5-1-2-6-34(30)91(74,75)76)51-12-15-65(68)16-13-64(14-17-65)48-57-44(50)56-46(59-48)52-25-8-9-27-23(18-25)20-36(93(80,81)86-87)39(40(27)66)63-61-31-11-10-28-29(42(31)89-85-83-70)4-3-7-33(28)90(71,72)73/h1-11,18-22,66-67,69-70,87H,12-17H2,(H,71,72,73)(H,74,75,76)(H,77,78,79)(H,52,56,57,59)(H2,51,53,54,55,58). The Morgan fingerprint density at radius 3 is 1.91 bits per heavy atom. The van der Waals surface area contributed by atoms with Gasteiger partial charge in [0.1, 0.15) is 42.3 Å². The molecule has 0 aliphatic carbocycles. The van der Waals surface area contributed by atoms with E-state index in [9.17, 15) is 62.7 Å². The van der Waals surface area contributed by atoms with Crippen LogP contribution in [0.15, 0.2) is 147 Å². The number of nitrogens with zero attached hydrogens (tertiary/aromatic N) is 12. The lowest BCUT2D eigenvalue weighted by Crippen LogP contribution is -2.58. The van der Waals surface area contributed by atoms with E-state index >= 15 is 0 Å². The molecule has 0 saturated carbocycles. The van der Waals surface area contributed by atoms with Crippen LogP contribution in [0, 0.1) is 5.21 Å². The number of aromatic hydroxyl groups is 2. The molecule has 0 atom stereocenters. The largest absolute Gasteiger partial charge is 0.633 e. The normalized spacial score (nSPS) is 14.1. The van der Waals surface area contributed by atoms with Gasteiger partial charge in [-0.05, 0) is 114 Å².